The summed E-state index contributed by atoms with van der Waals surface area (Å²) in [7, 11) is 0. The second kappa shape index (κ2) is 5.37. The Balaban J connectivity index is 1.80. The van der Waals surface area contributed by atoms with E-state index in [-0.39, 0.29) is 5.82 Å². The summed E-state index contributed by atoms with van der Waals surface area (Å²) < 4.78 is 15.4. The van der Waals surface area contributed by atoms with E-state index in [1.807, 2.05) is 13.0 Å². The molecule has 0 saturated carbocycles. The first-order valence-corrected chi connectivity index (χ1v) is 7.16. The van der Waals surface area contributed by atoms with E-state index in [0.717, 1.165) is 43.9 Å². The number of fused-ring (bicyclic) bond motifs is 1. The van der Waals surface area contributed by atoms with Gasteiger partial charge >= 0.3 is 0 Å². The molecular weight excluding hydrogens is 253 g/mol. The Morgan fingerprint density at radius 2 is 2.20 bits per heavy atom. The van der Waals surface area contributed by atoms with Crippen LogP contribution in [0.25, 0.3) is 0 Å². The van der Waals surface area contributed by atoms with Crippen LogP contribution in [0.15, 0.2) is 18.2 Å². The van der Waals surface area contributed by atoms with E-state index in [0.29, 0.717) is 0 Å². The van der Waals surface area contributed by atoms with Crippen molar-refractivity contribution in [1.82, 2.24) is 14.9 Å². The maximum Gasteiger partial charge on any atom is 0.123 e. The zero-order valence-corrected chi connectivity index (χ0v) is 12.0. The SMILES string of the molecule is Cc1cc(F)ccc1CCn1c(C)nc2c1CCNC2. The van der Waals surface area contributed by atoms with E-state index in [4.69, 9.17) is 0 Å². The van der Waals surface area contributed by atoms with Crippen molar-refractivity contribution >= 4 is 0 Å². The molecule has 1 aliphatic rings. The molecule has 0 amide bonds. The van der Waals surface area contributed by atoms with Crippen LogP contribution in [0.3, 0.4) is 0 Å². The topological polar surface area (TPSA) is 29.9 Å². The van der Waals surface area contributed by atoms with Crippen LogP contribution in [0.1, 0.15) is 28.3 Å². The van der Waals surface area contributed by atoms with Crippen LogP contribution in [0.2, 0.25) is 0 Å². The number of hydrogen-bond donors (Lipinski definition) is 1. The Bertz CT molecular complexity index is 631. The lowest BCUT2D eigenvalue weighted by atomic mass is 10.1. The van der Waals surface area contributed by atoms with Gasteiger partial charge in [0.2, 0.25) is 0 Å². The molecule has 0 radical (unpaired) electrons. The first kappa shape index (κ1) is 13.3. The van der Waals surface area contributed by atoms with Crippen LogP contribution >= 0.6 is 0 Å². The first-order chi connectivity index (χ1) is 9.65. The summed E-state index contributed by atoms with van der Waals surface area (Å²) in [5.41, 5.74) is 4.78. The first-order valence-electron chi connectivity index (χ1n) is 7.16. The molecule has 2 aromatic rings. The summed E-state index contributed by atoms with van der Waals surface area (Å²) in [6, 6.07) is 5.04. The number of nitrogens with zero attached hydrogens (tertiary/aromatic N) is 2. The molecule has 20 heavy (non-hydrogen) atoms. The largest absolute Gasteiger partial charge is 0.332 e. The van der Waals surface area contributed by atoms with Gasteiger partial charge in [-0.05, 0) is 43.5 Å². The quantitative estimate of drug-likeness (QED) is 0.931. The molecule has 2 heterocycles. The fourth-order valence-electron chi connectivity index (χ4n) is 2.97. The second-order valence-corrected chi connectivity index (χ2v) is 5.45. The van der Waals surface area contributed by atoms with Crippen LogP contribution in [-0.2, 0) is 25.9 Å². The van der Waals surface area contributed by atoms with Crippen molar-refractivity contribution in [2.75, 3.05) is 6.54 Å². The van der Waals surface area contributed by atoms with Gasteiger partial charge < -0.3 is 9.88 Å². The third kappa shape index (κ3) is 2.48. The number of aromatic nitrogens is 2. The van der Waals surface area contributed by atoms with Gasteiger partial charge in [0.05, 0.1) is 5.69 Å². The molecule has 106 valence electrons. The van der Waals surface area contributed by atoms with Crippen LogP contribution in [-0.4, -0.2) is 16.1 Å². The van der Waals surface area contributed by atoms with Gasteiger partial charge in [-0.25, -0.2) is 9.37 Å². The Labute approximate surface area is 118 Å². The average Bonchev–Trinajstić information content (AvgIpc) is 2.74. The molecule has 0 bridgehead atoms. The van der Waals surface area contributed by atoms with Crippen molar-refractivity contribution < 1.29 is 4.39 Å². The molecule has 0 saturated heterocycles. The van der Waals surface area contributed by atoms with Gasteiger partial charge in [-0.15, -0.1) is 0 Å². The number of benzene rings is 1. The predicted molar refractivity (Wildman–Crippen MR) is 77.2 cm³/mol. The predicted octanol–water partition coefficient (Wildman–Crippen LogP) is 2.53. The monoisotopic (exact) mass is 273 g/mol. The highest BCUT2D eigenvalue weighted by molar-refractivity contribution is 5.27. The van der Waals surface area contributed by atoms with E-state index in [1.165, 1.54) is 17.0 Å². The minimum Gasteiger partial charge on any atom is -0.332 e. The number of aryl methyl sites for hydroxylation is 3. The summed E-state index contributed by atoms with van der Waals surface area (Å²) in [6.07, 6.45) is 1.96. The summed E-state index contributed by atoms with van der Waals surface area (Å²) in [5.74, 6) is 0.923. The zero-order valence-electron chi connectivity index (χ0n) is 12.0. The standard InChI is InChI=1S/C16H20FN3/c1-11-9-14(17)4-3-13(11)6-8-20-12(2)19-15-10-18-7-5-16(15)20/h3-4,9,18H,5-8,10H2,1-2H3. The van der Waals surface area contributed by atoms with E-state index < -0.39 is 0 Å². The summed E-state index contributed by atoms with van der Waals surface area (Å²) in [6.45, 7) is 6.85. The van der Waals surface area contributed by atoms with Crippen molar-refractivity contribution in [3.63, 3.8) is 0 Å². The number of halogens is 1. The van der Waals surface area contributed by atoms with Gasteiger partial charge in [0.1, 0.15) is 11.6 Å². The Kier molecular flexibility index (Phi) is 3.57. The van der Waals surface area contributed by atoms with Gasteiger partial charge in [-0.3, -0.25) is 0 Å². The van der Waals surface area contributed by atoms with E-state index >= 15 is 0 Å². The van der Waals surface area contributed by atoms with Gasteiger partial charge in [-0.1, -0.05) is 6.07 Å². The number of imidazole rings is 1. The highest BCUT2D eigenvalue weighted by atomic mass is 19.1. The lowest BCUT2D eigenvalue weighted by molar-refractivity contribution is 0.579. The van der Waals surface area contributed by atoms with Gasteiger partial charge in [0, 0.05) is 31.7 Å². The molecule has 1 aromatic carbocycles. The molecule has 4 heteroatoms. The van der Waals surface area contributed by atoms with Gasteiger partial charge in [0.25, 0.3) is 0 Å². The Morgan fingerprint density at radius 1 is 1.35 bits per heavy atom. The Morgan fingerprint density at radius 3 is 3.00 bits per heavy atom. The zero-order chi connectivity index (χ0) is 14.1. The summed E-state index contributed by atoms with van der Waals surface area (Å²) in [4.78, 5) is 4.64. The molecule has 0 spiro atoms. The molecule has 3 rings (SSSR count). The molecule has 0 atom stereocenters. The van der Waals surface area contributed by atoms with Crippen molar-refractivity contribution in [2.45, 2.75) is 39.8 Å². The maximum absolute atomic E-state index is 13.1. The highest BCUT2D eigenvalue weighted by Gasteiger charge is 2.17. The minimum absolute atomic E-state index is 0.159. The van der Waals surface area contributed by atoms with Crippen molar-refractivity contribution in [3.05, 3.63) is 52.4 Å². The lowest BCUT2D eigenvalue weighted by Crippen LogP contribution is -2.25. The van der Waals surface area contributed by atoms with Crippen molar-refractivity contribution in [3.8, 4) is 0 Å². The van der Waals surface area contributed by atoms with Crippen LogP contribution in [0.5, 0.6) is 0 Å². The van der Waals surface area contributed by atoms with Crippen LogP contribution in [0, 0.1) is 19.7 Å². The molecule has 0 aliphatic carbocycles. The van der Waals surface area contributed by atoms with Crippen molar-refractivity contribution in [2.24, 2.45) is 0 Å². The molecule has 3 nitrogen and oxygen atoms in total. The molecule has 1 N–H and O–H groups in total. The summed E-state index contributed by atoms with van der Waals surface area (Å²) in [5, 5.41) is 3.35. The third-order valence-corrected chi connectivity index (χ3v) is 4.09. The summed E-state index contributed by atoms with van der Waals surface area (Å²) >= 11 is 0. The molecule has 0 unspecified atom stereocenters. The molecule has 0 fully saturated rings. The molecule has 1 aliphatic heterocycles. The normalized spacial score (nSPS) is 14.3. The number of nitrogens with one attached hydrogen (secondary N) is 1. The van der Waals surface area contributed by atoms with Gasteiger partial charge in [-0.2, -0.15) is 0 Å². The molecule has 1 aromatic heterocycles. The minimum atomic E-state index is -0.159. The van der Waals surface area contributed by atoms with Crippen molar-refractivity contribution in [1.29, 1.82) is 0 Å². The number of rotatable bonds is 3. The Hall–Kier alpha value is -1.68. The van der Waals surface area contributed by atoms with Crippen LogP contribution in [0.4, 0.5) is 4.39 Å². The second-order valence-electron chi connectivity index (χ2n) is 5.45. The fraction of sp³-hybridized carbons (Fsp3) is 0.438. The smallest absolute Gasteiger partial charge is 0.123 e. The maximum atomic E-state index is 13.1. The number of hydrogen-bond acceptors (Lipinski definition) is 2. The lowest BCUT2D eigenvalue weighted by Gasteiger charge is -2.16. The van der Waals surface area contributed by atoms with E-state index in [1.54, 1.807) is 12.1 Å². The van der Waals surface area contributed by atoms with E-state index in [2.05, 4.69) is 21.8 Å². The highest BCUT2D eigenvalue weighted by Crippen LogP contribution is 2.18. The van der Waals surface area contributed by atoms with Gasteiger partial charge in [0.15, 0.2) is 0 Å². The van der Waals surface area contributed by atoms with Crippen LogP contribution < -0.4 is 5.32 Å². The fourth-order valence-corrected chi connectivity index (χ4v) is 2.97. The van der Waals surface area contributed by atoms with E-state index in [9.17, 15) is 4.39 Å². The third-order valence-electron chi connectivity index (χ3n) is 4.09. The molecular formula is C16H20FN3. The average molecular weight is 273 g/mol.